The predicted molar refractivity (Wildman–Crippen MR) is 120 cm³/mol. The number of aryl methyl sites for hydroxylation is 1. The maximum Gasteiger partial charge on any atom is 0.276 e. The Morgan fingerprint density at radius 1 is 1.03 bits per heavy atom. The van der Waals surface area contributed by atoms with Crippen LogP contribution >= 0.6 is 23.1 Å². The fraction of sp³-hybridized carbons (Fsp3) is 0.217. The lowest BCUT2D eigenvalue weighted by Gasteiger charge is -2.22. The van der Waals surface area contributed by atoms with Crippen molar-refractivity contribution >= 4 is 23.1 Å². The fourth-order valence-electron chi connectivity index (χ4n) is 3.07. The van der Waals surface area contributed by atoms with Gasteiger partial charge in [0.05, 0.1) is 17.6 Å². The second kappa shape index (κ2) is 10.0. The number of hydrogen-bond acceptors (Lipinski definition) is 7. The average molecular weight is 439 g/mol. The molecule has 1 N–H and O–H groups in total. The first kappa shape index (κ1) is 20.8. The van der Waals surface area contributed by atoms with E-state index >= 15 is 0 Å². The normalized spacial score (nSPS) is 13.3. The number of ether oxygens (including phenoxy) is 1. The van der Waals surface area contributed by atoms with E-state index in [9.17, 15) is 5.11 Å². The highest BCUT2D eigenvalue weighted by molar-refractivity contribution is 7.99. The molecule has 0 aliphatic rings. The molecule has 0 saturated heterocycles. The lowest BCUT2D eigenvalue weighted by Crippen LogP contribution is -2.21. The molecule has 2 unspecified atom stereocenters. The number of aromatic nitrogens is 2. The lowest BCUT2D eigenvalue weighted by molar-refractivity contribution is 0.0152. The van der Waals surface area contributed by atoms with Crippen LogP contribution in [0.4, 0.5) is 0 Å². The third-order valence-corrected chi connectivity index (χ3v) is 6.39. The summed E-state index contributed by atoms with van der Waals surface area (Å²) in [6, 6.07) is 22.1. The summed E-state index contributed by atoms with van der Waals surface area (Å²) in [4.78, 5) is 0.933. The van der Waals surface area contributed by atoms with E-state index in [1.54, 1.807) is 11.3 Å². The fourth-order valence-corrected chi connectivity index (χ4v) is 4.38. The second-order valence-electron chi connectivity index (χ2n) is 6.80. The molecular weight excluding hydrogens is 416 g/mol. The lowest BCUT2D eigenvalue weighted by atomic mass is 9.97. The third kappa shape index (κ3) is 5.17. The molecule has 2 aromatic heterocycles. The zero-order valence-corrected chi connectivity index (χ0v) is 18.1. The van der Waals surface area contributed by atoms with Gasteiger partial charge in [0.1, 0.15) is 6.10 Å². The number of rotatable bonds is 9. The molecule has 4 aromatic rings. The van der Waals surface area contributed by atoms with Crippen LogP contribution < -0.4 is 0 Å². The number of hydrogen-bond donors (Lipinski definition) is 1. The Balaban J connectivity index is 1.37. The van der Waals surface area contributed by atoms with Crippen LogP contribution in [0.1, 0.15) is 22.8 Å². The minimum atomic E-state index is -0.665. The number of nitrogens with zero attached hydrogens (tertiary/aromatic N) is 2. The molecule has 2 atom stereocenters. The highest BCUT2D eigenvalue weighted by Gasteiger charge is 2.19. The first-order valence-corrected chi connectivity index (χ1v) is 11.5. The molecule has 0 fully saturated rings. The Kier molecular flexibility index (Phi) is 6.96. The van der Waals surface area contributed by atoms with E-state index in [1.165, 1.54) is 11.8 Å². The number of aliphatic hydroxyl groups excluding tert-OH is 1. The molecule has 0 radical (unpaired) electrons. The van der Waals surface area contributed by atoms with Crippen LogP contribution in [0.15, 0.2) is 81.8 Å². The summed E-state index contributed by atoms with van der Waals surface area (Å²) in [5.41, 5.74) is 3.31. The highest BCUT2D eigenvalue weighted by Crippen LogP contribution is 2.30. The highest BCUT2D eigenvalue weighted by atomic mass is 32.2. The first-order valence-electron chi connectivity index (χ1n) is 9.61. The van der Waals surface area contributed by atoms with Crippen molar-refractivity contribution in [3.8, 4) is 10.8 Å². The van der Waals surface area contributed by atoms with E-state index in [-0.39, 0.29) is 12.7 Å². The maximum absolute atomic E-state index is 10.5. The second-order valence-corrected chi connectivity index (χ2v) is 8.71. The summed E-state index contributed by atoms with van der Waals surface area (Å²) in [5, 5.41) is 21.0. The zero-order chi connectivity index (χ0) is 20.8. The van der Waals surface area contributed by atoms with Gasteiger partial charge >= 0.3 is 0 Å². The van der Waals surface area contributed by atoms with E-state index in [0.717, 1.165) is 21.6 Å². The minimum absolute atomic E-state index is 0.201. The molecule has 0 spiro atoms. The molecule has 0 amide bonds. The van der Waals surface area contributed by atoms with Crippen molar-refractivity contribution in [3.05, 3.63) is 88.8 Å². The van der Waals surface area contributed by atoms with E-state index in [4.69, 9.17) is 9.15 Å². The van der Waals surface area contributed by atoms with Gasteiger partial charge in [-0.15, -0.1) is 21.5 Å². The van der Waals surface area contributed by atoms with Crippen LogP contribution in [0.3, 0.4) is 0 Å². The standard InChI is InChI=1S/C23H22N2O3S2/c1-16-8-5-6-11-19(16)21(17-9-3-2-4-10-17)27-14-18(26)15-30-23-25-24-22(28-23)20-12-7-13-29-20/h2-13,18,21,26H,14-15H2,1H3. The van der Waals surface area contributed by atoms with Crippen LogP contribution in [0.25, 0.3) is 10.8 Å². The predicted octanol–water partition coefficient (Wildman–Crippen LogP) is 5.37. The van der Waals surface area contributed by atoms with Crippen molar-refractivity contribution in [2.45, 2.75) is 24.4 Å². The Morgan fingerprint density at radius 2 is 1.83 bits per heavy atom. The molecule has 154 valence electrons. The molecule has 0 aliphatic carbocycles. The average Bonchev–Trinajstić information content (AvgIpc) is 3.46. The van der Waals surface area contributed by atoms with Gasteiger partial charge in [0, 0.05) is 5.75 Å². The van der Waals surface area contributed by atoms with Crippen molar-refractivity contribution in [2.75, 3.05) is 12.4 Å². The van der Waals surface area contributed by atoms with Crippen LogP contribution in [0.5, 0.6) is 0 Å². The minimum Gasteiger partial charge on any atom is -0.410 e. The summed E-state index contributed by atoms with van der Waals surface area (Å²) in [7, 11) is 0. The van der Waals surface area contributed by atoms with E-state index in [2.05, 4.69) is 29.3 Å². The molecule has 2 aromatic carbocycles. The molecular formula is C23H22N2O3S2. The largest absolute Gasteiger partial charge is 0.410 e. The Hall–Kier alpha value is -2.45. The van der Waals surface area contributed by atoms with Gasteiger partial charge in [-0.25, -0.2) is 0 Å². The van der Waals surface area contributed by atoms with Crippen LogP contribution in [-0.2, 0) is 4.74 Å². The number of thioether (sulfide) groups is 1. The van der Waals surface area contributed by atoms with Gasteiger partial charge in [-0.3, -0.25) is 0 Å². The topological polar surface area (TPSA) is 68.4 Å². The van der Waals surface area contributed by atoms with Crippen LogP contribution in [0.2, 0.25) is 0 Å². The van der Waals surface area contributed by atoms with Crippen molar-refractivity contribution in [3.63, 3.8) is 0 Å². The molecule has 5 nitrogen and oxygen atoms in total. The third-order valence-electron chi connectivity index (χ3n) is 4.57. The smallest absolute Gasteiger partial charge is 0.276 e. The van der Waals surface area contributed by atoms with Crippen LogP contribution in [-0.4, -0.2) is 33.8 Å². The Morgan fingerprint density at radius 3 is 2.60 bits per heavy atom. The van der Waals surface area contributed by atoms with Crippen molar-refractivity contribution in [2.24, 2.45) is 0 Å². The van der Waals surface area contributed by atoms with Gasteiger partial charge in [0.2, 0.25) is 0 Å². The SMILES string of the molecule is Cc1ccccc1C(OCC(O)CSc1nnc(-c2cccs2)o1)c1ccccc1. The van der Waals surface area contributed by atoms with E-state index < -0.39 is 6.10 Å². The summed E-state index contributed by atoms with van der Waals surface area (Å²) < 4.78 is 11.8. The van der Waals surface area contributed by atoms with Crippen LogP contribution in [0, 0.1) is 6.92 Å². The summed E-state index contributed by atoms with van der Waals surface area (Å²) in [6.07, 6.45) is -0.900. The van der Waals surface area contributed by atoms with Crippen molar-refractivity contribution in [1.82, 2.24) is 10.2 Å². The quantitative estimate of drug-likeness (QED) is 0.355. The number of aliphatic hydroxyl groups is 1. The van der Waals surface area contributed by atoms with Gasteiger partial charge in [-0.05, 0) is 35.1 Å². The molecule has 0 bridgehead atoms. The molecule has 7 heteroatoms. The Labute approximate surface area is 183 Å². The zero-order valence-electron chi connectivity index (χ0n) is 16.5. The van der Waals surface area contributed by atoms with E-state index in [0.29, 0.717) is 16.9 Å². The first-order chi connectivity index (χ1) is 14.7. The summed E-state index contributed by atoms with van der Waals surface area (Å²) in [6.45, 7) is 2.27. The molecule has 4 rings (SSSR count). The molecule has 0 aliphatic heterocycles. The van der Waals surface area contributed by atoms with Gasteiger partial charge in [0.15, 0.2) is 0 Å². The molecule has 2 heterocycles. The van der Waals surface area contributed by atoms with Gasteiger partial charge in [-0.2, -0.15) is 0 Å². The van der Waals surface area contributed by atoms with Gasteiger partial charge in [0.25, 0.3) is 11.1 Å². The number of benzene rings is 2. The number of thiophene rings is 1. The van der Waals surface area contributed by atoms with Gasteiger partial charge in [-0.1, -0.05) is 72.4 Å². The monoisotopic (exact) mass is 438 g/mol. The summed E-state index contributed by atoms with van der Waals surface area (Å²) in [5.74, 6) is 0.906. The summed E-state index contributed by atoms with van der Waals surface area (Å²) >= 11 is 2.87. The maximum atomic E-state index is 10.5. The van der Waals surface area contributed by atoms with Crippen molar-refractivity contribution in [1.29, 1.82) is 0 Å². The molecule has 0 saturated carbocycles. The molecule has 30 heavy (non-hydrogen) atoms. The Bertz CT molecular complexity index is 1050. The van der Waals surface area contributed by atoms with E-state index in [1.807, 2.05) is 60.0 Å². The van der Waals surface area contributed by atoms with Gasteiger partial charge < -0.3 is 14.3 Å². The van der Waals surface area contributed by atoms with Crippen molar-refractivity contribution < 1.29 is 14.3 Å².